The Kier molecular flexibility index (Phi) is 2.23. The highest BCUT2D eigenvalue weighted by Gasteiger charge is 2.38. The van der Waals surface area contributed by atoms with E-state index in [0.29, 0.717) is 12.8 Å². The Balaban J connectivity index is 2.28. The van der Waals surface area contributed by atoms with Gasteiger partial charge in [-0.2, -0.15) is 0 Å². The number of allylic oxidation sites excluding steroid dienone is 3. The van der Waals surface area contributed by atoms with Crippen LogP contribution in [-0.4, -0.2) is 16.9 Å². The number of hydrogen-bond donors (Lipinski definition) is 1. The van der Waals surface area contributed by atoms with Crippen molar-refractivity contribution < 1.29 is 14.7 Å². The first-order valence-electron chi connectivity index (χ1n) is 4.80. The number of fused-ring (bicyclic) bond motifs is 1. The number of carboxylic acid groups (broad SMARTS) is 1. The maximum absolute atomic E-state index is 11.5. The molecule has 3 heteroatoms. The fourth-order valence-electron chi connectivity index (χ4n) is 2.31. The number of rotatable bonds is 1. The zero-order valence-electron chi connectivity index (χ0n) is 7.72. The van der Waals surface area contributed by atoms with Gasteiger partial charge in [0.1, 0.15) is 0 Å². The summed E-state index contributed by atoms with van der Waals surface area (Å²) < 4.78 is 0. The molecule has 3 nitrogen and oxygen atoms in total. The lowest BCUT2D eigenvalue weighted by molar-refractivity contribution is -0.143. The van der Waals surface area contributed by atoms with E-state index in [2.05, 4.69) is 0 Å². The third kappa shape index (κ3) is 1.39. The summed E-state index contributed by atoms with van der Waals surface area (Å²) in [5, 5.41) is 8.98. The molecule has 0 aliphatic heterocycles. The van der Waals surface area contributed by atoms with Crippen LogP contribution < -0.4 is 0 Å². The minimum atomic E-state index is -0.820. The average molecular weight is 192 g/mol. The predicted molar refractivity (Wildman–Crippen MR) is 50.6 cm³/mol. The largest absolute Gasteiger partial charge is 0.481 e. The van der Waals surface area contributed by atoms with E-state index in [9.17, 15) is 9.59 Å². The smallest absolute Gasteiger partial charge is 0.310 e. The molecule has 0 saturated carbocycles. The second kappa shape index (κ2) is 3.40. The first-order chi connectivity index (χ1) is 6.70. The molecule has 14 heavy (non-hydrogen) atoms. The third-order valence-corrected chi connectivity index (χ3v) is 3.05. The maximum atomic E-state index is 11.5. The third-order valence-electron chi connectivity index (χ3n) is 3.05. The monoisotopic (exact) mass is 192 g/mol. The van der Waals surface area contributed by atoms with Gasteiger partial charge in [0.2, 0.25) is 0 Å². The van der Waals surface area contributed by atoms with Crippen LogP contribution in [-0.2, 0) is 9.59 Å². The molecule has 0 bridgehead atoms. The van der Waals surface area contributed by atoms with Crippen LogP contribution in [0.3, 0.4) is 0 Å². The van der Waals surface area contributed by atoms with E-state index in [1.165, 1.54) is 0 Å². The van der Waals surface area contributed by atoms with Gasteiger partial charge in [-0.3, -0.25) is 9.59 Å². The Bertz CT molecular complexity index is 327. The van der Waals surface area contributed by atoms with Gasteiger partial charge in [-0.05, 0) is 24.8 Å². The lowest BCUT2D eigenvalue weighted by Crippen LogP contribution is -2.35. The highest BCUT2D eigenvalue weighted by molar-refractivity contribution is 5.93. The number of carbonyl (C=O) groups is 2. The summed E-state index contributed by atoms with van der Waals surface area (Å²) >= 11 is 0. The Morgan fingerprint density at radius 1 is 1.36 bits per heavy atom. The molecule has 3 atom stereocenters. The summed E-state index contributed by atoms with van der Waals surface area (Å²) in [6, 6.07) is 0. The fourth-order valence-corrected chi connectivity index (χ4v) is 2.31. The number of hydrogen-bond acceptors (Lipinski definition) is 2. The Morgan fingerprint density at radius 2 is 2.14 bits per heavy atom. The summed E-state index contributed by atoms with van der Waals surface area (Å²) in [5.74, 6) is -1.36. The van der Waals surface area contributed by atoms with Gasteiger partial charge in [-0.1, -0.05) is 18.2 Å². The van der Waals surface area contributed by atoms with E-state index in [1.54, 1.807) is 18.2 Å². The molecular formula is C11H12O3. The molecule has 0 heterocycles. The average Bonchev–Trinajstić information content (AvgIpc) is 2.17. The first-order valence-corrected chi connectivity index (χ1v) is 4.80. The van der Waals surface area contributed by atoms with Crippen LogP contribution in [0.1, 0.15) is 12.8 Å². The van der Waals surface area contributed by atoms with E-state index < -0.39 is 11.9 Å². The quantitative estimate of drug-likeness (QED) is 0.639. The van der Waals surface area contributed by atoms with Crippen LogP contribution in [0, 0.1) is 17.8 Å². The van der Waals surface area contributed by atoms with Crippen LogP contribution >= 0.6 is 0 Å². The maximum Gasteiger partial charge on any atom is 0.310 e. The van der Waals surface area contributed by atoms with Crippen molar-refractivity contribution >= 4 is 11.8 Å². The predicted octanol–water partition coefficient (Wildman–Crippen LogP) is 1.41. The summed E-state index contributed by atoms with van der Waals surface area (Å²) in [7, 11) is 0. The topological polar surface area (TPSA) is 54.4 Å². The number of aliphatic carboxylic acids is 1. The molecular weight excluding hydrogens is 180 g/mol. The van der Waals surface area contributed by atoms with Gasteiger partial charge in [0, 0.05) is 5.92 Å². The van der Waals surface area contributed by atoms with Crippen molar-refractivity contribution in [2.45, 2.75) is 12.8 Å². The van der Waals surface area contributed by atoms with Crippen molar-refractivity contribution in [3.8, 4) is 0 Å². The van der Waals surface area contributed by atoms with Gasteiger partial charge in [0.05, 0.1) is 5.92 Å². The molecule has 0 aromatic carbocycles. The molecule has 0 amide bonds. The van der Waals surface area contributed by atoms with Crippen molar-refractivity contribution in [3.63, 3.8) is 0 Å². The first kappa shape index (κ1) is 9.19. The van der Waals surface area contributed by atoms with E-state index >= 15 is 0 Å². The molecule has 74 valence electrons. The van der Waals surface area contributed by atoms with E-state index in [-0.39, 0.29) is 17.6 Å². The normalized spacial score (nSPS) is 35.4. The van der Waals surface area contributed by atoms with Crippen LogP contribution in [0.25, 0.3) is 0 Å². The van der Waals surface area contributed by atoms with E-state index in [4.69, 9.17) is 5.11 Å². The van der Waals surface area contributed by atoms with E-state index in [1.807, 2.05) is 6.08 Å². The van der Waals surface area contributed by atoms with Crippen molar-refractivity contribution in [2.24, 2.45) is 17.8 Å². The minimum Gasteiger partial charge on any atom is -0.481 e. The van der Waals surface area contributed by atoms with Gasteiger partial charge in [-0.25, -0.2) is 0 Å². The minimum absolute atomic E-state index is 0.0324. The highest BCUT2D eigenvalue weighted by atomic mass is 16.4. The second-order valence-electron chi connectivity index (χ2n) is 3.84. The summed E-state index contributed by atoms with van der Waals surface area (Å²) in [5.41, 5.74) is 0. The van der Waals surface area contributed by atoms with Gasteiger partial charge < -0.3 is 5.11 Å². The van der Waals surface area contributed by atoms with Crippen LogP contribution in [0.5, 0.6) is 0 Å². The zero-order chi connectivity index (χ0) is 10.1. The summed E-state index contributed by atoms with van der Waals surface area (Å²) in [4.78, 5) is 22.4. The Morgan fingerprint density at radius 3 is 2.86 bits per heavy atom. The number of carboxylic acids is 1. The van der Waals surface area contributed by atoms with Crippen molar-refractivity contribution in [2.75, 3.05) is 0 Å². The molecule has 1 unspecified atom stereocenters. The van der Waals surface area contributed by atoms with Gasteiger partial charge >= 0.3 is 5.97 Å². The summed E-state index contributed by atoms with van der Waals surface area (Å²) in [6.07, 6.45) is 8.31. The summed E-state index contributed by atoms with van der Waals surface area (Å²) in [6.45, 7) is 0. The molecule has 0 aromatic rings. The highest BCUT2D eigenvalue weighted by Crippen LogP contribution is 2.36. The van der Waals surface area contributed by atoms with E-state index in [0.717, 1.165) is 0 Å². The van der Waals surface area contributed by atoms with Crippen LogP contribution in [0.4, 0.5) is 0 Å². The van der Waals surface area contributed by atoms with Crippen molar-refractivity contribution in [1.82, 2.24) is 0 Å². The van der Waals surface area contributed by atoms with Crippen molar-refractivity contribution in [1.29, 1.82) is 0 Å². The molecule has 2 rings (SSSR count). The van der Waals surface area contributed by atoms with Crippen molar-refractivity contribution in [3.05, 3.63) is 24.3 Å². The van der Waals surface area contributed by atoms with Gasteiger partial charge in [-0.15, -0.1) is 0 Å². The molecule has 0 radical (unpaired) electrons. The van der Waals surface area contributed by atoms with Crippen LogP contribution in [0.2, 0.25) is 0 Å². The zero-order valence-corrected chi connectivity index (χ0v) is 7.72. The molecule has 2 aliphatic carbocycles. The number of ketones is 1. The fraction of sp³-hybridized carbons (Fsp3) is 0.455. The Labute approximate surface area is 82.1 Å². The Hall–Kier alpha value is -1.38. The SMILES string of the molecule is O=C(O)C1C=CC[C@@H]2C(=O)C=CC[C@H]12. The number of carbonyl (C=O) groups excluding carboxylic acids is 1. The molecule has 0 aromatic heterocycles. The second-order valence-corrected chi connectivity index (χ2v) is 3.84. The standard InChI is InChI=1S/C11H12O3/c12-10-6-2-3-7-8(10)4-1-5-9(7)11(13)14/h1-2,5-9H,3-4H2,(H,13,14)/t7-,8-,9?/m0/s1. The van der Waals surface area contributed by atoms with Gasteiger partial charge in [0.25, 0.3) is 0 Å². The molecule has 1 N–H and O–H groups in total. The lowest BCUT2D eigenvalue weighted by atomic mass is 9.70. The van der Waals surface area contributed by atoms with Crippen LogP contribution in [0.15, 0.2) is 24.3 Å². The molecule has 0 spiro atoms. The molecule has 0 fully saturated rings. The van der Waals surface area contributed by atoms with Gasteiger partial charge in [0.15, 0.2) is 5.78 Å². The molecule has 0 saturated heterocycles. The lowest BCUT2D eigenvalue weighted by Gasteiger charge is -2.32. The molecule has 2 aliphatic rings.